The third kappa shape index (κ3) is 4.77. The van der Waals surface area contributed by atoms with Gasteiger partial charge in [0, 0.05) is 32.3 Å². The average Bonchev–Trinajstić information content (AvgIpc) is 3.35. The Morgan fingerprint density at radius 2 is 2.03 bits per heavy atom. The molecular formula is C24H33N3O4. The highest BCUT2D eigenvalue weighted by molar-refractivity contribution is 5.79. The number of rotatable bonds is 8. The normalized spacial score (nSPS) is 18.8. The Hall–Kier alpha value is -2.38. The zero-order valence-electron chi connectivity index (χ0n) is 18.9. The van der Waals surface area contributed by atoms with Crippen LogP contribution in [0.4, 0.5) is 0 Å². The van der Waals surface area contributed by atoms with E-state index in [1.165, 1.54) is 18.4 Å². The number of carbonyl (C=O) groups excluding carboxylic acids is 1. The maximum atomic E-state index is 12.8. The minimum Gasteiger partial charge on any atom is -0.489 e. The molecule has 2 aliphatic rings. The van der Waals surface area contributed by atoms with Gasteiger partial charge in [0.1, 0.15) is 18.1 Å². The highest BCUT2D eigenvalue weighted by Gasteiger charge is 2.46. The van der Waals surface area contributed by atoms with Gasteiger partial charge in [-0.2, -0.15) is 0 Å². The van der Waals surface area contributed by atoms with Gasteiger partial charge in [-0.1, -0.05) is 30.1 Å². The first-order chi connectivity index (χ1) is 15.0. The Morgan fingerprint density at radius 3 is 2.74 bits per heavy atom. The van der Waals surface area contributed by atoms with Gasteiger partial charge in [0.15, 0.2) is 0 Å². The minimum atomic E-state index is 0.0786. The van der Waals surface area contributed by atoms with Crippen LogP contribution in [-0.4, -0.2) is 59.8 Å². The third-order valence-corrected chi connectivity index (χ3v) is 6.77. The number of nitrogens with zero attached hydrogens (tertiary/aromatic N) is 3. The molecular weight excluding hydrogens is 394 g/mol. The van der Waals surface area contributed by atoms with Crippen molar-refractivity contribution in [1.82, 2.24) is 15.0 Å². The quantitative estimate of drug-likeness (QED) is 0.643. The van der Waals surface area contributed by atoms with Crippen molar-refractivity contribution >= 4 is 5.91 Å². The van der Waals surface area contributed by atoms with E-state index in [-0.39, 0.29) is 11.4 Å². The minimum absolute atomic E-state index is 0.0786. The van der Waals surface area contributed by atoms with E-state index in [0.29, 0.717) is 26.3 Å². The lowest BCUT2D eigenvalue weighted by Gasteiger charge is -2.49. The molecule has 0 N–H and O–H groups in total. The molecule has 1 aliphatic heterocycles. The van der Waals surface area contributed by atoms with Gasteiger partial charge < -0.3 is 18.9 Å². The predicted molar refractivity (Wildman–Crippen MR) is 117 cm³/mol. The van der Waals surface area contributed by atoms with E-state index in [0.717, 1.165) is 48.7 Å². The molecule has 7 heteroatoms. The lowest BCUT2D eigenvalue weighted by molar-refractivity contribution is -0.144. The van der Waals surface area contributed by atoms with Crippen molar-refractivity contribution in [2.45, 2.75) is 58.2 Å². The molecule has 2 aromatic rings. The van der Waals surface area contributed by atoms with E-state index >= 15 is 0 Å². The topological polar surface area (TPSA) is 68.0 Å². The number of amides is 1. The molecule has 1 aliphatic carbocycles. The molecule has 1 amide bonds. The number of ether oxygens (including phenoxy) is 2. The van der Waals surface area contributed by atoms with Gasteiger partial charge >= 0.3 is 0 Å². The van der Waals surface area contributed by atoms with Crippen molar-refractivity contribution < 1.29 is 18.8 Å². The monoisotopic (exact) mass is 427 g/mol. The summed E-state index contributed by atoms with van der Waals surface area (Å²) in [6.45, 7) is 7.56. The number of methoxy groups -OCH3 is 1. The predicted octanol–water partition coefficient (Wildman–Crippen LogP) is 3.47. The van der Waals surface area contributed by atoms with Crippen molar-refractivity contribution in [2.24, 2.45) is 0 Å². The number of aromatic nitrogens is 1. The van der Waals surface area contributed by atoms with Crippen LogP contribution in [0.1, 0.15) is 48.3 Å². The van der Waals surface area contributed by atoms with E-state index in [2.05, 4.69) is 22.2 Å². The summed E-state index contributed by atoms with van der Waals surface area (Å²) in [5.41, 5.74) is 3.10. The van der Waals surface area contributed by atoms with Crippen LogP contribution in [-0.2, 0) is 22.7 Å². The van der Waals surface area contributed by atoms with Crippen molar-refractivity contribution in [3.05, 3.63) is 46.8 Å². The molecule has 2 heterocycles. The number of hydrogen-bond acceptors (Lipinski definition) is 6. The second-order valence-electron chi connectivity index (χ2n) is 8.83. The highest BCUT2D eigenvalue weighted by Crippen LogP contribution is 2.39. The van der Waals surface area contributed by atoms with Crippen molar-refractivity contribution in [1.29, 1.82) is 0 Å². The maximum absolute atomic E-state index is 12.8. The van der Waals surface area contributed by atoms with Crippen LogP contribution in [0.2, 0.25) is 0 Å². The summed E-state index contributed by atoms with van der Waals surface area (Å²) in [5, 5.41) is 3.99. The van der Waals surface area contributed by atoms with Crippen molar-refractivity contribution in [3.63, 3.8) is 0 Å². The summed E-state index contributed by atoms with van der Waals surface area (Å²) in [5.74, 6) is 1.81. The lowest BCUT2D eigenvalue weighted by Crippen LogP contribution is -2.63. The fourth-order valence-electron chi connectivity index (χ4n) is 4.93. The van der Waals surface area contributed by atoms with E-state index in [4.69, 9.17) is 14.0 Å². The first-order valence-corrected chi connectivity index (χ1v) is 11.2. The maximum Gasteiger partial charge on any atom is 0.236 e. The molecule has 0 radical (unpaired) electrons. The highest BCUT2D eigenvalue weighted by atomic mass is 16.5. The van der Waals surface area contributed by atoms with E-state index in [1.807, 2.05) is 30.9 Å². The molecule has 168 valence electrons. The number of benzene rings is 1. The molecule has 0 bridgehead atoms. The molecule has 1 aromatic carbocycles. The molecule has 1 aromatic heterocycles. The van der Waals surface area contributed by atoms with Crippen LogP contribution in [0.25, 0.3) is 0 Å². The molecule has 1 saturated carbocycles. The molecule has 4 rings (SSSR count). The molecule has 1 spiro atoms. The first-order valence-electron chi connectivity index (χ1n) is 11.2. The first kappa shape index (κ1) is 21.8. The zero-order chi connectivity index (χ0) is 21.8. The Balaban J connectivity index is 1.45. The molecule has 31 heavy (non-hydrogen) atoms. The molecule has 7 nitrogen and oxygen atoms in total. The summed E-state index contributed by atoms with van der Waals surface area (Å²) in [6.07, 6.45) is 4.74. The van der Waals surface area contributed by atoms with E-state index < -0.39 is 0 Å². The van der Waals surface area contributed by atoms with Crippen LogP contribution < -0.4 is 4.74 Å². The van der Waals surface area contributed by atoms with Crippen LogP contribution in [0.15, 0.2) is 28.8 Å². The largest absolute Gasteiger partial charge is 0.489 e. The number of hydrogen-bond donors (Lipinski definition) is 0. The van der Waals surface area contributed by atoms with Crippen LogP contribution in [0, 0.1) is 13.8 Å². The summed E-state index contributed by atoms with van der Waals surface area (Å²) in [7, 11) is 1.69. The second-order valence-corrected chi connectivity index (χ2v) is 8.83. The lowest BCUT2D eigenvalue weighted by atomic mass is 9.90. The van der Waals surface area contributed by atoms with Crippen LogP contribution in [0.3, 0.4) is 0 Å². The Morgan fingerprint density at radius 1 is 1.23 bits per heavy atom. The zero-order valence-corrected chi connectivity index (χ0v) is 18.9. The summed E-state index contributed by atoms with van der Waals surface area (Å²) < 4.78 is 16.5. The van der Waals surface area contributed by atoms with E-state index in [1.54, 1.807) is 7.11 Å². The summed E-state index contributed by atoms with van der Waals surface area (Å²) in [6, 6.07) is 8.20. The smallest absolute Gasteiger partial charge is 0.236 e. The van der Waals surface area contributed by atoms with Gasteiger partial charge in [-0.05, 0) is 44.4 Å². The molecule has 0 atom stereocenters. The van der Waals surface area contributed by atoms with Gasteiger partial charge in [-0.3, -0.25) is 9.69 Å². The SMILES string of the molecule is COCCN1CC2(CCCC2)N(Cc2cccc(OCc3c(C)noc3C)c2)CC1=O. The number of piperazine rings is 1. The molecule has 0 unspecified atom stereocenters. The van der Waals surface area contributed by atoms with Crippen LogP contribution >= 0.6 is 0 Å². The standard InChI is InChI=1S/C24H33N3O4/c1-18-22(19(2)31-25-18)16-30-21-8-6-7-20(13-21)14-27-15-23(28)26(11-12-29-3)17-24(27)9-4-5-10-24/h6-8,13H,4-5,9-12,14-17H2,1-3H3. The van der Waals surface area contributed by atoms with Gasteiger partial charge in [0.25, 0.3) is 0 Å². The van der Waals surface area contributed by atoms with Crippen molar-refractivity contribution in [3.8, 4) is 5.75 Å². The van der Waals surface area contributed by atoms with Gasteiger partial charge in [-0.15, -0.1) is 0 Å². The Kier molecular flexibility index (Phi) is 6.62. The van der Waals surface area contributed by atoms with E-state index in [9.17, 15) is 4.79 Å². The van der Waals surface area contributed by atoms with Crippen LogP contribution in [0.5, 0.6) is 5.75 Å². The molecule has 2 fully saturated rings. The van der Waals surface area contributed by atoms with Crippen molar-refractivity contribution in [2.75, 3.05) is 33.4 Å². The second kappa shape index (κ2) is 9.40. The third-order valence-electron chi connectivity index (χ3n) is 6.77. The number of aryl methyl sites for hydroxylation is 2. The summed E-state index contributed by atoms with van der Waals surface area (Å²) in [4.78, 5) is 17.2. The fourth-order valence-corrected chi connectivity index (χ4v) is 4.93. The summed E-state index contributed by atoms with van der Waals surface area (Å²) >= 11 is 0. The number of carbonyl (C=O) groups is 1. The Labute approximate surface area is 184 Å². The van der Waals surface area contributed by atoms with Gasteiger partial charge in [0.05, 0.1) is 24.4 Å². The van der Waals surface area contributed by atoms with Gasteiger partial charge in [-0.25, -0.2) is 0 Å². The average molecular weight is 428 g/mol. The Bertz CT molecular complexity index is 884. The van der Waals surface area contributed by atoms with Gasteiger partial charge in [0.2, 0.25) is 5.91 Å². The molecule has 1 saturated heterocycles. The fraction of sp³-hybridized carbons (Fsp3) is 0.583.